The smallest absolute Gasteiger partial charge is 0.246 e. The maximum Gasteiger partial charge on any atom is 0.246 e. The molecule has 0 saturated carbocycles. The van der Waals surface area contributed by atoms with Gasteiger partial charge in [0.25, 0.3) is 0 Å². The Morgan fingerprint density at radius 3 is 2.79 bits per heavy atom. The SMILES string of the molecule is Nc1ccc(Oc2nncc3ccccc23)c(F)c1. The number of fused-ring (bicyclic) bond motifs is 1. The van der Waals surface area contributed by atoms with Crippen molar-refractivity contribution < 1.29 is 9.13 Å². The van der Waals surface area contributed by atoms with Crippen LogP contribution in [0.5, 0.6) is 11.6 Å². The van der Waals surface area contributed by atoms with Crippen molar-refractivity contribution in [2.45, 2.75) is 0 Å². The highest BCUT2D eigenvalue weighted by atomic mass is 19.1. The third-order valence-corrected chi connectivity index (χ3v) is 2.70. The Labute approximate surface area is 108 Å². The summed E-state index contributed by atoms with van der Waals surface area (Å²) in [7, 11) is 0. The zero-order valence-electron chi connectivity index (χ0n) is 9.88. The molecule has 0 unspecified atom stereocenters. The van der Waals surface area contributed by atoms with E-state index in [-0.39, 0.29) is 11.6 Å². The van der Waals surface area contributed by atoms with Gasteiger partial charge in [0.05, 0.1) is 6.20 Å². The molecule has 94 valence electrons. The fourth-order valence-corrected chi connectivity index (χ4v) is 1.78. The largest absolute Gasteiger partial charge is 0.434 e. The molecular weight excluding hydrogens is 245 g/mol. The molecular formula is C14H10FN3O. The van der Waals surface area contributed by atoms with Crippen LogP contribution in [0.4, 0.5) is 10.1 Å². The molecule has 3 rings (SSSR count). The molecule has 4 nitrogen and oxygen atoms in total. The van der Waals surface area contributed by atoms with Crippen molar-refractivity contribution in [2.24, 2.45) is 0 Å². The van der Waals surface area contributed by atoms with E-state index < -0.39 is 5.82 Å². The number of benzene rings is 2. The Hall–Kier alpha value is -2.69. The van der Waals surface area contributed by atoms with E-state index >= 15 is 0 Å². The number of hydrogen-bond acceptors (Lipinski definition) is 4. The second kappa shape index (κ2) is 4.53. The van der Waals surface area contributed by atoms with Gasteiger partial charge in [-0.1, -0.05) is 18.2 Å². The molecule has 1 aromatic heterocycles. The summed E-state index contributed by atoms with van der Waals surface area (Å²) in [5.74, 6) is -0.198. The summed E-state index contributed by atoms with van der Waals surface area (Å²) in [6.45, 7) is 0. The minimum Gasteiger partial charge on any atom is -0.434 e. The number of aromatic nitrogens is 2. The average molecular weight is 255 g/mol. The molecule has 0 amide bonds. The number of halogens is 1. The van der Waals surface area contributed by atoms with Gasteiger partial charge in [0.2, 0.25) is 5.88 Å². The quantitative estimate of drug-likeness (QED) is 0.714. The van der Waals surface area contributed by atoms with Crippen LogP contribution in [-0.2, 0) is 0 Å². The molecule has 2 N–H and O–H groups in total. The third kappa shape index (κ3) is 2.18. The maximum absolute atomic E-state index is 13.7. The van der Waals surface area contributed by atoms with Crippen LogP contribution in [-0.4, -0.2) is 10.2 Å². The minimum atomic E-state index is -0.533. The molecule has 3 aromatic rings. The second-order valence-electron chi connectivity index (χ2n) is 4.03. The molecule has 5 heteroatoms. The molecule has 0 aliphatic rings. The van der Waals surface area contributed by atoms with E-state index in [0.717, 1.165) is 10.8 Å². The van der Waals surface area contributed by atoms with Crippen LogP contribution in [0.3, 0.4) is 0 Å². The van der Waals surface area contributed by atoms with Crippen LogP contribution in [0, 0.1) is 5.82 Å². The average Bonchev–Trinajstić information content (AvgIpc) is 2.42. The first-order chi connectivity index (χ1) is 9.24. The van der Waals surface area contributed by atoms with Crippen molar-refractivity contribution in [1.29, 1.82) is 0 Å². The van der Waals surface area contributed by atoms with Gasteiger partial charge < -0.3 is 10.5 Å². The zero-order valence-corrected chi connectivity index (χ0v) is 9.88. The van der Waals surface area contributed by atoms with E-state index in [2.05, 4.69) is 10.2 Å². The number of nitrogens with zero attached hydrogens (tertiary/aromatic N) is 2. The molecule has 0 saturated heterocycles. The van der Waals surface area contributed by atoms with Crippen molar-refractivity contribution >= 4 is 16.5 Å². The van der Waals surface area contributed by atoms with Gasteiger partial charge in [-0.2, -0.15) is 5.10 Å². The van der Waals surface area contributed by atoms with Crippen LogP contribution in [0.25, 0.3) is 10.8 Å². The number of nitrogen functional groups attached to an aromatic ring is 1. The van der Waals surface area contributed by atoms with Gasteiger partial charge in [-0.25, -0.2) is 4.39 Å². The number of ether oxygens (including phenoxy) is 1. The summed E-state index contributed by atoms with van der Waals surface area (Å²) < 4.78 is 19.2. The molecule has 0 fully saturated rings. The summed E-state index contributed by atoms with van der Waals surface area (Å²) >= 11 is 0. The van der Waals surface area contributed by atoms with Gasteiger partial charge in [0.1, 0.15) is 0 Å². The number of hydrogen-bond donors (Lipinski definition) is 1. The van der Waals surface area contributed by atoms with E-state index in [1.54, 1.807) is 12.3 Å². The van der Waals surface area contributed by atoms with Crippen LogP contribution in [0.15, 0.2) is 48.7 Å². The lowest BCUT2D eigenvalue weighted by atomic mass is 10.2. The molecule has 0 bridgehead atoms. The highest BCUT2D eigenvalue weighted by molar-refractivity contribution is 5.85. The number of anilines is 1. The predicted octanol–water partition coefficient (Wildman–Crippen LogP) is 3.14. The third-order valence-electron chi connectivity index (χ3n) is 2.70. The van der Waals surface area contributed by atoms with Gasteiger partial charge in [-0.05, 0) is 18.2 Å². The minimum absolute atomic E-state index is 0.0693. The first-order valence-corrected chi connectivity index (χ1v) is 5.67. The summed E-state index contributed by atoms with van der Waals surface area (Å²) in [5, 5.41) is 9.38. The Bertz CT molecular complexity index is 740. The molecule has 19 heavy (non-hydrogen) atoms. The van der Waals surface area contributed by atoms with Crippen LogP contribution in [0.1, 0.15) is 0 Å². The number of rotatable bonds is 2. The molecule has 1 heterocycles. The van der Waals surface area contributed by atoms with Crippen LogP contribution < -0.4 is 10.5 Å². The summed E-state index contributed by atoms with van der Waals surface area (Å²) in [6, 6.07) is 11.7. The second-order valence-corrected chi connectivity index (χ2v) is 4.03. The normalized spacial score (nSPS) is 10.6. The summed E-state index contributed by atoms with van der Waals surface area (Å²) in [5.41, 5.74) is 5.83. The van der Waals surface area contributed by atoms with Crippen molar-refractivity contribution in [3.63, 3.8) is 0 Å². The zero-order chi connectivity index (χ0) is 13.2. The van der Waals surface area contributed by atoms with E-state index in [0.29, 0.717) is 5.69 Å². The first-order valence-electron chi connectivity index (χ1n) is 5.67. The standard InChI is InChI=1S/C14H10FN3O/c15-12-7-10(16)5-6-13(12)19-14-11-4-2-1-3-9(11)8-17-18-14/h1-8H,16H2. The lowest BCUT2D eigenvalue weighted by molar-refractivity contribution is 0.427. The monoisotopic (exact) mass is 255 g/mol. The molecule has 0 aliphatic carbocycles. The van der Waals surface area contributed by atoms with E-state index in [1.807, 2.05) is 24.3 Å². The predicted molar refractivity (Wildman–Crippen MR) is 70.4 cm³/mol. The van der Waals surface area contributed by atoms with Gasteiger partial charge in [-0.15, -0.1) is 5.10 Å². The Morgan fingerprint density at radius 1 is 1.11 bits per heavy atom. The maximum atomic E-state index is 13.7. The molecule has 0 radical (unpaired) electrons. The van der Waals surface area contributed by atoms with E-state index in [9.17, 15) is 4.39 Å². The molecule has 2 aromatic carbocycles. The Kier molecular flexibility index (Phi) is 2.72. The van der Waals surface area contributed by atoms with Crippen molar-refractivity contribution in [2.75, 3.05) is 5.73 Å². The fourth-order valence-electron chi connectivity index (χ4n) is 1.78. The van der Waals surface area contributed by atoms with Crippen molar-refractivity contribution in [1.82, 2.24) is 10.2 Å². The van der Waals surface area contributed by atoms with Gasteiger partial charge >= 0.3 is 0 Å². The van der Waals surface area contributed by atoms with Gasteiger partial charge in [-0.3, -0.25) is 0 Å². The molecule has 0 aliphatic heterocycles. The lowest BCUT2D eigenvalue weighted by Crippen LogP contribution is -1.95. The van der Waals surface area contributed by atoms with Crippen molar-refractivity contribution in [3.05, 3.63) is 54.5 Å². The molecule has 0 spiro atoms. The summed E-state index contributed by atoms with van der Waals surface area (Å²) in [6.07, 6.45) is 1.63. The van der Waals surface area contributed by atoms with E-state index in [1.165, 1.54) is 12.1 Å². The fraction of sp³-hybridized carbons (Fsp3) is 0. The summed E-state index contributed by atoms with van der Waals surface area (Å²) in [4.78, 5) is 0. The van der Waals surface area contributed by atoms with Crippen LogP contribution in [0.2, 0.25) is 0 Å². The van der Waals surface area contributed by atoms with Crippen LogP contribution >= 0.6 is 0 Å². The van der Waals surface area contributed by atoms with Gasteiger partial charge in [0.15, 0.2) is 11.6 Å². The van der Waals surface area contributed by atoms with Gasteiger partial charge in [0, 0.05) is 22.5 Å². The first kappa shape index (κ1) is 11.4. The van der Waals surface area contributed by atoms with Crippen molar-refractivity contribution in [3.8, 4) is 11.6 Å². The highest BCUT2D eigenvalue weighted by Gasteiger charge is 2.09. The lowest BCUT2D eigenvalue weighted by Gasteiger charge is -2.08. The molecule has 0 atom stereocenters. The Balaban J connectivity index is 2.06. The highest BCUT2D eigenvalue weighted by Crippen LogP contribution is 2.29. The number of nitrogens with two attached hydrogens (primary N) is 1. The Morgan fingerprint density at radius 2 is 1.95 bits per heavy atom. The topological polar surface area (TPSA) is 61.0 Å². The van der Waals surface area contributed by atoms with E-state index in [4.69, 9.17) is 10.5 Å².